The standard InChI is InChI=1S/C17H25N5O5/c1-5-18-16(19-6-7-22-14(23)10-20-17(22)24)21-11-8-12(25-2)15(27-4)13(9-11)26-3/h8-9H,5-7,10H2,1-4H3,(H,20,24)(H2,18,19,21). The largest absolute Gasteiger partial charge is 0.493 e. The maximum absolute atomic E-state index is 11.6. The van der Waals surface area contributed by atoms with Gasteiger partial charge < -0.3 is 30.2 Å². The van der Waals surface area contributed by atoms with Gasteiger partial charge in [-0.25, -0.2) is 4.79 Å². The van der Waals surface area contributed by atoms with Crippen molar-refractivity contribution in [2.75, 3.05) is 52.8 Å². The number of hydrogen-bond donors (Lipinski definition) is 3. The number of methoxy groups -OCH3 is 3. The monoisotopic (exact) mass is 379 g/mol. The molecule has 1 aliphatic rings. The van der Waals surface area contributed by atoms with Crippen molar-refractivity contribution < 1.29 is 23.8 Å². The Morgan fingerprint density at radius 2 is 1.85 bits per heavy atom. The molecule has 1 aromatic carbocycles. The summed E-state index contributed by atoms with van der Waals surface area (Å²) in [5.41, 5.74) is 0.680. The summed E-state index contributed by atoms with van der Waals surface area (Å²) in [4.78, 5) is 28.7. The number of amides is 3. The molecule has 0 aromatic heterocycles. The molecule has 0 saturated carbocycles. The highest BCUT2D eigenvalue weighted by Gasteiger charge is 2.27. The van der Waals surface area contributed by atoms with Crippen molar-refractivity contribution in [3.63, 3.8) is 0 Å². The number of nitrogens with one attached hydrogen (secondary N) is 3. The van der Waals surface area contributed by atoms with E-state index in [9.17, 15) is 9.59 Å². The second kappa shape index (κ2) is 9.51. The Balaban J connectivity index is 2.12. The molecular weight excluding hydrogens is 354 g/mol. The summed E-state index contributed by atoms with van der Waals surface area (Å²) in [6.07, 6.45) is 0. The first-order chi connectivity index (χ1) is 13.0. The summed E-state index contributed by atoms with van der Waals surface area (Å²) in [7, 11) is 4.62. The van der Waals surface area contributed by atoms with Gasteiger partial charge in [0.2, 0.25) is 11.7 Å². The van der Waals surface area contributed by atoms with E-state index in [0.717, 1.165) is 4.90 Å². The molecule has 0 spiro atoms. The highest BCUT2D eigenvalue weighted by molar-refractivity contribution is 6.02. The second-order valence-corrected chi connectivity index (χ2v) is 5.50. The highest BCUT2D eigenvalue weighted by Crippen LogP contribution is 2.39. The van der Waals surface area contributed by atoms with E-state index >= 15 is 0 Å². The molecule has 0 unspecified atom stereocenters. The van der Waals surface area contributed by atoms with Gasteiger partial charge in [0.05, 0.1) is 41.0 Å². The number of hydrogen-bond acceptors (Lipinski definition) is 6. The van der Waals surface area contributed by atoms with E-state index in [1.54, 1.807) is 26.4 Å². The van der Waals surface area contributed by atoms with Gasteiger partial charge in [-0.15, -0.1) is 0 Å². The van der Waals surface area contributed by atoms with Crippen molar-refractivity contribution in [2.45, 2.75) is 6.92 Å². The molecule has 1 saturated heterocycles. The molecule has 10 nitrogen and oxygen atoms in total. The summed E-state index contributed by atoms with van der Waals surface area (Å²) in [5.74, 6) is 1.76. The molecule has 1 aromatic rings. The van der Waals surface area contributed by atoms with Crippen molar-refractivity contribution in [1.82, 2.24) is 15.5 Å². The first-order valence-electron chi connectivity index (χ1n) is 8.47. The highest BCUT2D eigenvalue weighted by atomic mass is 16.5. The minimum absolute atomic E-state index is 0.0340. The first-order valence-corrected chi connectivity index (χ1v) is 8.47. The fraction of sp³-hybridized carbons (Fsp3) is 0.471. The number of carbonyl (C=O) groups is 2. The van der Waals surface area contributed by atoms with Crippen molar-refractivity contribution in [2.24, 2.45) is 4.99 Å². The Labute approximate surface area is 157 Å². The summed E-state index contributed by atoms with van der Waals surface area (Å²) in [5, 5.41) is 8.73. The Hall–Kier alpha value is -3.17. The number of benzene rings is 1. The van der Waals surface area contributed by atoms with Gasteiger partial charge in [-0.1, -0.05) is 0 Å². The van der Waals surface area contributed by atoms with Crippen LogP contribution in [0.15, 0.2) is 17.1 Å². The van der Waals surface area contributed by atoms with Gasteiger partial charge in [0.15, 0.2) is 17.5 Å². The molecule has 0 atom stereocenters. The van der Waals surface area contributed by atoms with Gasteiger partial charge in [-0.2, -0.15) is 0 Å². The van der Waals surface area contributed by atoms with Crippen LogP contribution >= 0.6 is 0 Å². The van der Waals surface area contributed by atoms with Crippen LogP contribution in [0.25, 0.3) is 0 Å². The number of nitrogens with zero attached hydrogens (tertiary/aromatic N) is 2. The summed E-state index contributed by atoms with van der Waals surface area (Å²) < 4.78 is 16.0. The second-order valence-electron chi connectivity index (χ2n) is 5.50. The minimum Gasteiger partial charge on any atom is -0.493 e. The maximum Gasteiger partial charge on any atom is 0.324 e. The summed E-state index contributed by atoms with van der Waals surface area (Å²) >= 11 is 0. The molecule has 1 fully saturated rings. The quantitative estimate of drug-likeness (QED) is 0.345. The number of aliphatic imine (C=N–C) groups is 1. The van der Waals surface area contributed by atoms with Crippen LogP contribution in [0, 0.1) is 0 Å². The molecular formula is C17H25N5O5. The topological polar surface area (TPSA) is 114 Å². The lowest BCUT2D eigenvalue weighted by Crippen LogP contribution is -2.35. The Morgan fingerprint density at radius 3 is 2.33 bits per heavy atom. The van der Waals surface area contributed by atoms with Gasteiger partial charge in [-0.05, 0) is 6.92 Å². The van der Waals surface area contributed by atoms with E-state index in [2.05, 4.69) is 20.9 Å². The van der Waals surface area contributed by atoms with Crippen LogP contribution in [-0.2, 0) is 4.79 Å². The Kier molecular flexibility index (Phi) is 7.09. The zero-order valence-corrected chi connectivity index (χ0v) is 15.9. The molecule has 0 aliphatic carbocycles. The molecule has 10 heteroatoms. The molecule has 3 N–H and O–H groups in total. The molecule has 148 valence electrons. The molecule has 0 bridgehead atoms. The number of ether oxygens (including phenoxy) is 3. The number of guanidine groups is 1. The third kappa shape index (κ3) is 4.93. The van der Waals surface area contributed by atoms with Crippen LogP contribution in [0.1, 0.15) is 6.92 Å². The van der Waals surface area contributed by atoms with Crippen molar-refractivity contribution in [1.29, 1.82) is 0 Å². The van der Waals surface area contributed by atoms with Gasteiger partial charge in [-0.3, -0.25) is 14.7 Å². The fourth-order valence-corrected chi connectivity index (χ4v) is 2.54. The van der Waals surface area contributed by atoms with Crippen molar-refractivity contribution >= 4 is 23.6 Å². The first kappa shape index (κ1) is 20.1. The smallest absolute Gasteiger partial charge is 0.324 e. The molecule has 3 amide bonds. The lowest BCUT2D eigenvalue weighted by molar-refractivity contribution is -0.124. The van der Waals surface area contributed by atoms with Crippen LogP contribution in [0.3, 0.4) is 0 Å². The third-order valence-corrected chi connectivity index (χ3v) is 3.80. The minimum atomic E-state index is -0.391. The average molecular weight is 379 g/mol. The van der Waals surface area contributed by atoms with Crippen molar-refractivity contribution in [3.8, 4) is 17.2 Å². The van der Waals surface area contributed by atoms with Gasteiger partial charge in [0, 0.05) is 24.4 Å². The van der Waals surface area contributed by atoms with E-state index < -0.39 is 6.03 Å². The van der Waals surface area contributed by atoms with Gasteiger partial charge in [0.1, 0.15) is 0 Å². The average Bonchev–Trinajstić information content (AvgIpc) is 2.99. The van der Waals surface area contributed by atoms with E-state index in [4.69, 9.17) is 14.2 Å². The molecule has 0 radical (unpaired) electrons. The van der Waals surface area contributed by atoms with Crippen LogP contribution in [0.4, 0.5) is 10.5 Å². The van der Waals surface area contributed by atoms with Crippen LogP contribution in [0.5, 0.6) is 17.2 Å². The molecule has 1 heterocycles. The Morgan fingerprint density at radius 1 is 1.19 bits per heavy atom. The van der Waals surface area contributed by atoms with Gasteiger partial charge in [0.25, 0.3) is 0 Å². The summed E-state index contributed by atoms with van der Waals surface area (Å²) in [6, 6.07) is 3.12. The predicted octanol–water partition coefficient (Wildman–Crippen LogP) is 0.642. The van der Waals surface area contributed by atoms with Crippen LogP contribution in [0.2, 0.25) is 0 Å². The SMILES string of the molecule is CCNC(=NCCN1C(=O)CNC1=O)Nc1cc(OC)c(OC)c(OC)c1. The van der Waals surface area contributed by atoms with E-state index in [0.29, 0.717) is 35.4 Å². The maximum atomic E-state index is 11.6. The lowest BCUT2D eigenvalue weighted by atomic mass is 10.2. The number of imide groups is 1. The van der Waals surface area contributed by atoms with E-state index in [1.165, 1.54) is 7.11 Å². The third-order valence-electron chi connectivity index (χ3n) is 3.80. The molecule has 27 heavy (non-hydrogen) atoms. The number of carbonyl (C=O) groups excluding carboxylic acids is 2. The fourth-order valence-electron chi connectivity index (χ4n) is 2.54. The van der Waals surface area contributed by atoms with Crippen LogP contribution in [-0.4, -0.2) is 70.3 Å². The number of urea groups is 1. The normalized spacial score (nSPS) is 14.1. The number of anilines is 1. The zero-order chi connectivity index (χ0) is 19.8. The van der Waals surface area contributed by atoms with E-state index in [-0.39, 0.29) is 25.5 Å². The molecule has 2 rings (SSSR count). The number of rotatable bonds is 8. The molecule has 1 aliphatic heterocycles. The van der Waals surface area contributed by atoms with Gasteiger partial charge >= 0.3 is 6.03 Å². The lowest BCUT2D eigenvalue weighted by Gasteiger charge is -2.17. The summed E-state index contributed by atoms with van der Waals surface area (Å²) in [6.45, 7) is 3.07. The van der Waals surface area contributed by atoms with E-state index in [1.807, 2.05) is 6.92 Å². The van der Waals surface area contributed by atoms with Crippen LogP contribution < -0.4 is 30.2 Å². The van der Waals surface area contributed by atoms with Crippen molar-refractivity contribution in [3.05, 3.63) is 12.1 Å². The predicted molar refractivity (Wildman–Crippen MR) is 101 cm³/mol. The Bertz CT molecular complexity index is 681. The zero-order valence-electron chi connectivity index (χ0n) is 15.9.